The van der Waals surface area contributed by atoms with Crippen LogP contribution in [0.5, 0.6) is 5.75 Å². The van der Waals surface area contributed by atoms with Crippen molar-refractivity contribution in [3.05, 3.63) is 48.5 Å². The summed E-state index contributed by atoms with van der Waals surface area (Å²) in [4.78, 5) is 16.9. The lowest BCUT2D eigenvalue weighted by atomic mass is 10.2. The minimum absolute atomic E-state index is 0.00476. The Morgan fingerprint density at radius 1 is 1.07 bits per heavy atom. The normalized spacial score (nSPS) is 17.6. The summed E-state index contributed by atoms with van der Waals surface area (Å²) < 4.78 is 33.6. The SMILES string of the molecule is COc1ccc(N2CCN(C(=O)CCC3=NS(=O)(=O)c4ccccc4N3)CC2)cc1. The van der Waals surface area contributed by atoms with Crippen LogP contribution in [0, 0.1) is 0 Å². The van der Waals surface area contributed by atoms with E-state index in [0.717, 1.165) is 24.5 Å². The van der Waals surface area contributed by atoms with E-state index in [9.17, 15) is 13.2 Å². The molecule has 9 heteroatoms. The number of anilines is 2. The Bertz CT molecular complexity index is 1060. The maximum Gasteiger partial charge on any atom is 0.286 e. The number of hydrogen-bond donors (Lipinski definition) is 1. The van der Waals surface area contributed by atoms with Gasteiger partial charge in [0.05, 0.1) is 12.8 Å². The molecule has 0 bridgehead atoms. The number of sulfonamides is 1. The Morgan fingerprint density at radius 3 is 2.47 bits per heavy atom. The van der Waals surface area contributed by atoms with Gasteiger partial charge in [-0.25, -0.2) is 0 Å². The first kappa shape index (κ1) is 20.2. The number of ether oxygens (including phenoxy) is 1. The first-order chi connectivity index (χ1) is 14.5. The molecular weight excluding hydrogens is 404 g/mol. The summed E-state index contributed by atoms with van der Waals surface area (Å²) in [6, 6.07) is 14.5. The van der Waals surface area contributed by atoms with Gasteiger partial charge in [-0.2, -0.15) is 8.42 Å². The van der Waals surface area contributed by atoms with Crippen molar-refractivity contribution in [2.45, 2.75) is 17.7 Å². The largest absolute Gasteiger partial charge is 0.497 e. The lowest BCUT2D eigenvalue weighted by Crippen LogP contribution is -2.48. The fourth-order valence-corrected chi connectivity index (χ4v) is 4.84. The summed E-state index contributed by atoms with van der Waals surface area (Å²) in [7, 11) is -2.08. The van der Waals surface area contributed by atoms with Crippen LogP contribution in [-0.2, 0) is 14.8 Å². The van der Waals surface area contributed by atoms with Crippen LogP contribution >= 0.6 is 0 Å². The zero-order valence-electron chi connectivity index (χ0n) is 16.7. The number of fused-ring (bicyclic) bond motifs is 1. The zero-order valence-corrected chi connectivity index (χ0v) is 17.6. The molecule has 0 radical (unpaired) electrons. The summed E-state index contributed by atoms with van der Waals surface area (Å²) in [5.74, 6) is 1.13. The van der Waals surface area contributed by atoms with Crippen LogP contribution in [0.1, 0.15) is 12.8 Å². The van der Waals surface area contributed by atoms with E-state index in [0.29, 0.717) is 24.6 Å². The highest BCUT2D eigenvalue weighted by molar-refractivity contribution is 7.90. The highest BCUT2D eigenvalue weighted by atomic mass is 32.2. The Balaban J connectivity index is 1.31. The van der Waals surface area contributed by atoms with E-state index in [2.05, 4.69) is 14.6 Å². The summed E-state index contributed by atoms with van der Waals surface area (Å²) in [5, 5.41) is 3.03. The van der Waals surface area contributed by atoms with E-state index in [1.807, 2.05) is 29.2 Å². The number of amides is 1. The third-order valence-electron chi connectivity index (χ3n) is 5.32. The molecule has 0 aliphatic carbocycles. The standard InChI is InChI=1S/C21H24N4O4S/c1-29-17-8-6-16(7-9-17)24-12-14-25(15-13-24)21(26)11-10-20-22-18-4-2-3-5-19(18)30(27,28)23-20/h2-9H,10-15H2,1H3,(H,22,23). The van der Waals surface area contributed by atoms with Crippen LogP contribution in [0.15, 0.2) is 57.8 Å². The van der Waals surface area contributed by atoms with E-state index in [-0.39, 0.29) is 23.6 Å². The van der Waals surface area contributed by atoms with Crippen molar-refractivity contribution in [2.75, 3.05) is 43.5 Å². The van der Waals surface area contributed by atoms with Gasteiger partial charge in [-0.3, -0.25) is 4.79 Å². The van der Waals surface area contributed by atoms with Gasteiger partial charge >= 0.3 is 0 Å². The van der Waals surface area contributed by atoms with Gasteiger partial charge in [0.2, 0.25) is 5.91 Å². The van der Waals surface area contributed by atoms with E-state index in [1.54, 1.807) is 25.3 Å². The van der Waals surface area contributed by atoms with Crippen LogP contribution in [-0.4, -0.2) is 58.3 Å². The predicted octanol–water partition coefficient (Wildman–Crippen LogP) is 2.34. The summed E-state index contributed by atoms with van der Waals surface area (Å²) in [6.45, 7) is 2.76. The van der Waals surface area contributed by atoms with E-state index in [1.165, 1.54) is 6.07 Å². The number of carbonyl (C=O) groups is 1. The molecular formula is C21H24N4O4S. The molecule has 0 atom stereocenters. The highest BCUT2D eigenvalue weighted by Gasteiger charge is 2.26. The molecule has 1 fully saturated rings. The van der Waals surface area contributed by atoms with Gasteiger partial charge in [0.25, 0.3) is 10.0 Å². The Morgan fingerprint density at radius 2 is 1.77 bits per heavy atom. The van der Waals surface area contributed by atoms with Gasteiger partial charge in [0.15, 0.2) is 0 Å². The maximum atomic E-state index is 12.6. The van der Waals surface area contributed by atoms with Crippen LogP contribution in [0.2, 0.25) is 0 Å². The lowest BCUT2D eigenvalue weighted by molar-refractivity contribution is -0.131. The third-order valence-corrected chi connectivity index (χ3v) is 6.69. The van der Waals surface area contributed by atoms with Crippen molar-refractivity contribution >= 4 is 33.1 Å². The molecule has 2 aliphatic rings. The van der Waals surface area contributed by atoms with Crippen LogP contribution in [0.4, 0.5) is 11.4 Å². The number of methoxy groups -OCH3 is 1. The van der Waals surface area contributed by atoms with E-state index in [4.69, 9.17) is 4.74 Å². The van der Waals surface area contributed by atoms with Crippen LogP contribution in [0.25, 0.3) is 0 Å². The average Bonchev–Trinajstić information content (AvgIpc) is 2.77. The van der Waals surface area contributed by atoms with Gasteiger partial charge in [-0.1, -0.05) is 12.1 Å². The van der Waals surface area contributed by atoms with Gasteiger partial charge in [0, 0.05) is 44.7 Å². The second-order valence-electron chi connectivity index (χ2n) is 7.20. The zero-order chi connectivity index (χ0) is 21.1. The molecule has 158 valence electrons. The molecule has 2 aliphatic heterocycles. The number of para-hydroxylation sites is 1. The van der Waals surface area contributed by atoms with Crippen molar-refractivity contribution in [2.24, 2.45) is 4.40 Å². The molecule has 2 aromatic rings. The minimum atomic E-state index is -3.72. The van der Waals surface area contributed by atoms with E-state index >= 15 is 0 Å². The molecule has 2 heterocycles. The van der Waals surface area contributed by atoms with Gasteiger partial charge < -0.3 is 19.9 Å². The number of benzene rings is 2. The van der Waals surface area contributed by atoms with Crippen molar-refractivity contribution in [1.29, 1.82) is 0 Å². The number of nitrogens with one attached hydrogen (secondary N) is 1. The quantitative estimate of drug-likeness (QED) is 0.786. The van der Waals surface area contributed by atoms with Crippen molar-refractivity contribution in [1.82, 2.24) is 4.90 Å². The molecule has 0 aromatic heterocycles. The molecule has 0 spiro atoms. The topological polar surface area (TPSA) is 91.3 Å². The number of hydrogen-bond acceptors (Lipinski definition) is 6. The van der Waals surface area contributed by atoms with Gasteiger partial charge in [0.1, 0.15) is 16.5 Å². The van der Waals surface area contributed by atoms with Crippen molar-refractivity contribution in [3.63, 3.8) is 0 Å². The Kier molecular flexibility index (Phi) is 5.63. The fraction of sp³-hybridized carbons (Fsp3) is 0.333. The maximum absolute atomic E-state index is 12.6. The minimum Gasteiger partial charge on any atom is -0.497 e. The Hall–Kier alpha value is -3.07. The number of rotatable bonds is 5. The van der Waals surface area contributed by atoms with Crippen molar-refractivity contribution < 1.29 is 17.9 Å². The molecule has 1 amide bonds. The Labute approximate surface area is 176 Å². The number of carbonyl (C=O) groups excluding carboxylic acids is 1. The highest BCUT2D eigenvalue weighted by Crippen LogP contribution is 2.27. The molecule has 0 unspecified atom stereocenters. The molecule has 1 saturated heterocycles. The molecule has 30 heavy (non-hydrogen) atoms. The number of amidine groups is 1. The van der Waals surface area contributed by atoms with E-state index < -0.39 is 10.0 Å². The average molecular weight is 429 g/mol. The van der Waals surface area contributed by atoms with Crippen LogP contribution < -0.4 is 15.0 Å². The summed E-state index contributed by atoms with van der Waals surface area (Å²) >= 11 is 0. The second-order valence-corrected chi connectivity index (χ2v) is 8.77. The summed E-state index contributed by atoms with van der Waals surface area (Å²) in [6.07, 6.45) is 0.469. The fourth-order valence-electron chi connectivity index (χ4n) is 3.67. The first-order valence-electron chi connectivity index (χ1n) is 9.83. The smallest absolute Gasteiger partial charge is 0.286 e. The van der Waals surface area contributed by atoms with Gasteiger partial charge in [-0.05, 0) is 36.4 Å². The molecule has 4 rings (SSSR count). The van der Waals surface area contributed by atoms with Crippen LogP contribution in [0.3, 0.4) is 0 Å². The first-order valence-corrected chi connectivity index (χ1v) is 11.3. The second kappa shape index (κ2) is 8.35. The monoisotopic (exact) mass is 428 g/mol. The van der Waals surface area contributed by atoms with Gasteiger partial charge in [-0.15, -0.1) is 4.40 Å². The lowest BCUT2D eigenvalue weighted by Gasteiger charge is -2.36. The number of nitrogens with zero attached hydrogens (tertiary/aromatic N) is 3. The molecule has 1 N–H and O–H groups in total. The van der Waals surface area contributed by atoms with Crippen molar-refractivity contribution in [3.8, 4) is 5.75 Å². The third kappa shape index (κ3) is 4.25. The molecule has 0 saturated carbocycles. The summed E-state index contributed by atoms with van der Waals surface area (Å²) in [5.41, 5.74) is 1.61. The molecule has 8 nitrogen and oxygen atoms in total. The number of piperazine rings is 1. The molecule has 2 aromatic carbocycles. The predicted molar refractivity (Wildman–Crippen MR) is 116 cm³/mol.